The number of rotatable bonds is 5. The molecule has 0 heterocycles. The van der Waals surface area contributed by atoms with Crippen LogP contribution in [0.3, 0.4) is 0 Å². The first-order valence-corrected chi connectivity index (χ1v) is 6.67. The molecule has 0 fully saturated rings. The van der Waals surface area contributed by atoms with E-state index in [1.54, 1.807) is 24.3 Å². The molecule has 22 heavy (non-hydrogen) atoms. The van der Waals surface area contributed by atoms with E-state index in [1.807, 2.05) is 0 Å². The Kier molecular flexibility index (Phi) is 5.27. The first-order valence-electron chi connectivity index (χ1n) is 6.29. The van der Waals surface area contributed by atoms with Crippen LogP contribution in [0.2, 0.25) is 5.02 Å². The van der Waals surface area contributed by atoms with E-state index in [0.29, 0.717) is 16.8 Å². The van der Waals surface area contributed by atoms with Gasteiger partial charge in [-0.15, -0.1) is 0 Å². The minimum Gasteiger partial charge on any atom is -0.492 e. The predicted octanol–water partition coefficient (Wildman–Crippen LogP) is 3.57. The van der Waals surface area contributed by atoms with Gasteiger partial charge < -0.3 is 10.1 Å². The second kappa shape index (κ2) is 7.17. The molecule has 2 rings (SSSR count). The number of ether oxygens (including phenoxy) is 1. The molecule has 0 saturated heterocycles. The minimum atomic E-state index is -1.68. The minimum absolute atomic E-state index is 0.0593. The third-order valence-electron chi connectivity index (χ3n) is 2.73. The number of carbonyl (C=O) groups is 1. The normalized spacial score (nSPS) is 10.4. The molecule has 7 heteroatoms. The monoisotopic (exact) mass is 329 g/mol. The van der Waals surface area contributed by atoms with Crippen molar-refractivity contribution in [3.05, 3.63) is 64.4 Å². The Morgan fingerprint density at radius 2 is 1.91 bits per heavy atom. The van der Waals surface area contributed by atoms with Crippen molar-refractivity contribution < 1.29 is 22.7 Å². The second-order valence-electron chi connectivity index (χ2n) is 4.28. The van der Waals surface area contributed by atoms with Crippen LogP contribution in [0.5, 0.6) is 5.75 Å². The van der Waals surface area contributed by atoms with Crippen molar-refractivity contribution in [3.8, 4) is 5.75 Å². The molecule has 3 nitrogen and oxygen atoms in total. The van der Waals surface area contributed by atoms with E-state index in [2.05, 4.69) is 5.32 Å². The quantitative estimate of drug-likeness (QED) is 0.673. The van der Waals surface area contributed by atoms with Crippen LogP contribution in [0, 0.1) is 17.5 Å². The molecule has 0 aliphatic rings. The van der Waals surface area contributed by atoms with Gasteiger partial charge in [-0.05, 0) is 30.3 Å². The average molecular weight is 330 g/mol. The van der Waals surface area contributed by atoms with Gasteiger partial charge in [0.2, 0.25) is 0 Å². The van der Waals surface area contributed by atoms with Gasteiger partial charge in [-0.1, -0.05) is 17.7 Å². The van der Waals surface area contributed by atoms with Crippen LogP contribution >= 0.6 is 11.6 Å². The maximum absolute atomic E-state index is 13.4. The molecule has 0 radical (unpaired) electrons. The highest BCUT2D eigenvalue weighted by Gasteiger charge is 2.18. The van der Waals surface area contributed by atoms with Crippen LogP contribution in [-0.4, -0.2) is 19.1 Å². The van der Waals surface area contributed by atoms with E-state index in [-0.39, 0.29) is 13.2 Å². The van der Waals surface area contributed by atoms with Gasteiger partial charge in [0.15, 0.2) is 17.5 Å². The summed E-state index contributed by atoms with van der Waals surface area (Å²) in [6.45, 7) is 0.168. The number of nitrogens with one attached hydrogen (secondary N) is 1. The number of hydrogen-bond donors (Lipinski definition) is 1. The summed E-state index contributed by atoms with van der Waals surface area (Å²) in [5.74, 6) is -4.89. The molecule has 1 amide bonds. The van der Waals surface area contributed by atoms with Gasteiger partial charge in [0.05, 0.1) is 12.1 Å². The highest BCUT2D eigenvalue weighted by molar-refractivity contribution is 6.30. The molecule has 0 spiro atoms. The van der Waals surface area contributed by atoms with Crippen molar-refractivity contribution in [1.29, 1.82) is 0 Å². The first kappa shape index (κ1) is 16.2. The van der Waals surface area contributed by atoms with Gasteiger partial charge >= 0.3 is 0 Å². The lowest BCUT2D eigenvalue weighted by Gasteiger charge is -2.09. The molecule has 0 saturated carbocycles. The molecule has 0 atom stereocenters. The van der Waals surface area contributed by atoms with Crippen molar-refractivity contribution in [1.82, 2.24) is 5.32 Å². The summed E-state index contributed by atoms with van der Waals surface area (Å²) in [6.07, 6.45) is 0. The number of halogens is 4. The fraction of sp³-hybridized carbons (Fsp3) is 0.133. The molecule has 0 aromatic heterocycles. The van der Waals surface area contributed by atoms with Crippen molar-refractivity contribution in [2.24, 2.45) is 0 Å². The Morgan fingerprint density at radius 3 is 2.64 bits per heavy atom. The summed E-state index contributed by atoms with van der Waals surface area (Å²) >= 11 is 5.78. The van der Waals surface area contributed by atoms with Crippen LogP contribution in [0.15, 0.2) is 36.4 Å². The van der Waals surface area contributed by atoms with Gasteiger partial charge in [0.1, 0.15) is 12.4 Å². The van der Waals surface area contributed by atoms with Crippen molar-refractivity contribution in [2.45, 2.75) is 0 Å². The fourth-order valence-corrected chi connectivity index (χ4v) is 1.87. The summed E-state index contributed by atoms with van der Waals surface area (Å²) in [6, 6.07) is 8.23. The van der Waals surface area contributed by atoms with Crippen LogP contribution in [0.1, 0.15) is 10.4 Å². The standard InChI is InChI=1S/C15H11ClF3NO2/c16-9-2-1-3-10(8-9)22-7-6-20-15(21)11-4-5-12(17)14(19)13(11)18/h1-5,8H,6-7H2,(H,20,21). The lowest BCUT2D eigenvalue weighted by molar-refractivity contribution is 0.0941. The molecule has 0 unspecified atom stereocenters. The van der Waals surface area contributed by atoms with Gasteiger partial charge in [-0.3, -0.25) is 4.79 Å². The summed E-state index contributed by atoms with van der Waals surface area (Å²) in [5, 5.41) is 2.85. The third kappa shape index (κ3) is 3.92. The van der Waals surface area contributed by atoms with Crippen molar-refractivity contribution in [2.75, 3.05) is 13.2 Å². The zero-order valence-corrected chi connectivity index (χ0v) is 12.0. The van der Waals surface area contributed by atoms with Gasteiger partial charge in [-0.25, -0.2) is 13.2 Å². The third-order valence-corrected chi connectivity index (χ3v) is 2.97. The molecule has 2 aromatic carbocycles. The lowest BCUT2D eigenvalue weighted by atomic mass is 10.2. The van der Waals surface area contributed by atoms with Crippen LogP contribution in [-0.2, 0) is 0 Å². The predicted molar refractivity (Wildman–Crippen MR) is 75.6 cm³/mol. The molecule has 0 aliphatic carbocycles. The zero-order chi connectivity index (χ0) is 16.1. The lowest BCUT2D eigenvalue weighted by Crippen LogP contribution is -2.29. The maximum Gasteiger partial charge on any atom is 0.254 e. The number of hydrogen-bond acceptors (Lipinski definition) is 2. The van der Waals surface area contributed by atoms with Crippen LogP contribution in [0.4, 0.5) is 13.2 Å². The Labute approximate surface area is 129 Å². The summed E-state index contributed by atoms with van der Waals surface area (Å²) in [4.78, 5) is 11.7. The first-order chi connectivity index (χ1) is 10.5. The summed E-state index contributed by atoms with van der Waals surface area (Å²) in [7, 11) is 0. The van der Waals surface area contributed by atoms with Gasteiger partial charge in [-0.2, -0.15) is 0 Å². The van der Waals surface area contributed by atoms with E-state index < -0.39 is 28.9 Å². The van der Waals surface area contributed by atoms with E-state index in [4.69, 9.17) is 16.3 Å². The van der Waals surface area contributed by atoms with E-state index in [1.165, 1.54) is 0 Å². The second-order valence-corrected chi connectivity index (χ2v) is 4.72. The SMILES string of the molecule is O=C(NCCOc1cccc(Cl)c1)c1ccc(F)c(F)c1F. The fourth-order valence-electron chi connectivity index (χ4n) is 1.69. The van der Waals surface area contributed by atoms with E-state index in [0.717, 1.165) is 6.07 Å². The molecule has 0 aliphatic heterocycles. The Hall–Kier alpha value is -2.21. The molecule has 116 valence electrons. The van der Waals surface area contributed by atoms with Gasteiger partial charge in [0.25, 0.3) is 5.91 Å². The van der Waals surface area contributed by atoms with E-state index in [9.17, 15) is 18.0 Å². The largest absolute Gasteiger partial charge is 0.492 e. The highest BCUT2D eigenvalue weighted by Crippen LogP contribution is 2.17. The van der Waals surface area contributed by atoms with Crippen LogP contribution < -0.4 is 10.1 Å². The Morgan fingerprint density at radius 1 is 1.14 bits per heavy atom. The Balaban J connectivity index is 1.87. The van der Waals surface area contributed by atoms with E-state index >= 15 is 0 Å². The Bertz CT molecular complexity index is 694. The molecule has 0 bridgehead atoms. The topological polar surface area (TPSA) is 38.3 Å². The zero-order valence-electron chi connectivity index (χ0n) is 11.2. The number of amides is 1. The van der Waals surface area contributed by atoms with Gasteiger partial charge in [0, 0.05) is 5.02 Å². The van der Waals surface area contributed by atoms with Crippen molar-refractivity contribution >= 4 is 17.5 Å². The van der Waals surface area contributed by atoms with Crippen LogP contribution in [0.25, 0.3) is 0 Å². The molecular formula is C15H11ClF3NO2. The number of carbonyl (C=O) groups excluding carboxylic acids is 1. The molecule has 2 aromatic rings. The summed E-state index contributed by atoms with van der Waals surface area (Å²) in [5.41, 5.74) is -0.568. The smallest absolute Gasteiger partial charge is 0.254 e. The maximum atomic E-state index is 13.4. The molecular weight excluding hydrogens is 319 g/mol. The summed E-state index contributed by atoms with van der Waals surface area (Å²) < 4.78 is 44.5. The molecule has 1 N–H and O–H groups in total. The van der Waals surface area contributed by atoms with Crippen molar-refractivity contribution in [3.63, 3.8) is 0 Å². The average Bonchev–Trinajstić information content (AvgIpc) is 2.49. The highest BCUT2D eigenvalue weighted by atomic mass is 35.5. The number of benzene rings is 2.